The van der Waals surface area contributed by atoms with Crippen LogP contribution >= 0.6 is 11.3 Å². The number of fused-ring (bicyclic) bond motifs is 1. The lowest BCUT2D eigenvalue weighted by Crippen LogP contribution is -2.31. The summed E-state index contributed by atoms with van der Waals surface area (Å²) < 4.78 is 0. The molecule has 28 heavy (non-hydrogen) atoms. The zero-order valence-electron chi connectivity index (χ0n) is 14.7. The molecule has 4 rings (SSSR count). The largest absolute Gasteiger partial charge is 0.274 e. The van der Waals surface area contributed by atoms with Crippen LogP contribution in [0.3, 0.4) is 0 Å². The minimum atomic E-state index is -0.272. The third-order valence-corrected chi connectivity index (χ3v) is 5.31. The Morgan fingerprint density at radius 1 is 1.11 bits per heavy atom. The van der Waals surface area contributed by atoms with Crippen LogP contribution < -0.4 is 0 Å². The molecule has 0 saturated carbocycles. The highest BCUT2D eigenvalue weighted by Gasteiger charge is 2.34. The Kier molecular flexibility index (Phi) is 4.79. The molecule has 1 aliphatic rings. The minimum Gasteiger partial charge on any atom is -0.274 e. The first-order valence-corrected chi connectivity index (χ1v) is 9.47. The van der Waals surface area contributed by atoms with Crippen LogP contribution in [0, 0.1) is 11.3 Å². The molecule has 7 heteroatoms. The number of allylic oxidation sites excluding steroid dienone is 1. The lowest BCUT2D eigenvalue weighted by Gasteiger charge is -2.12. The van der Waals surface area contributed by atoms with Crippen molar-refractivity contribution in [1.29, 1.82) is 5.26 Å². The fourth-order valence-electron chi connectivity index (χ4n) is 2.98. The number of carbonyl (C=O) groups is 2. The molecule has 0 fully saturated rings. The van der Waals surface area contributed by atoms with E-state index in [2.05, 4.69) is 16.0 Å². The van der Waals surface area contributed by atoms with Crippen LogP contribution in [-0.2, 0) is 6.42 Å². The first-order chi connectivity index (χ1) is 13.7. The first-order valence-electron chi connectivity index (χ1n) is 8.59. The molecule has 1 aromatic carbocycles. The molecule has 3 heterocycles. The number of carbonyl (C=O) groups excluding carboxylic acids is 2. The molecule has 0 aliphatic carbocycles. The van der Waals surface area contributed by atoms with Crippen LogP contribution in [0.25, 0.3) is 11.6 Å². The molecule has 3 aromatic rings. The second-order valence-corrected chi connectivity index (χ2v) is 7.01. The van der Waals surface area contributed by atoms with Gasteiger partial charge in [-0.05, 0) is 35.9 Å². The Balaban J connectivity index is 1.48. The van der Waals surface area contributed by atoms with E-state index in [9.17, 15) is 14.9 Å². The second-order valence-electron chi connectivity index (χ2n) is 6.15. The van der Waals surface area contributed by atoms with Crippen molar-refractivity contribution in [2.75, 3.05) is 6.54 Å². The van der Waals surface area contributed by atoms with Gasteiger partial charge >= 0.3 is 0 Å². The number of benzene rings is 1. The minimum absolute atomic E-state index is 0.255. The average molecular weight is 386 g/mol. The number of rotatable bonds is 5. The van der Waals surface area contributed by atoms with Gasteiger partial charge in [0.05, 0.1) is 22.4 Å². The predicted octanol–water partition coefficient (Wildman–Crippen LogP) is 3.44. The molecular weight excluding hydrogens is 372 g/mol. The van der Waals surface area contributed by atoms with Crippen molar-refractivity contribution in [3.8, 4) is 6.07 Å². The van der Waals surface area contributed by atoms with Gasteiger partial charge in [0.2, 0.25) is 0 Å². The molecule has 0 unspecified atom stereocenters. The van der Waals surface area contributed by atoms with Gasteiger partial charge in [-0.15, -0.1) is 11.3 Å². The highest BCUT2D eigenvalue weighted by atomic mass is 32.1. The summed E-state index contributed by atoms with van der Waals surface area (Å²) in [5.41, 5.74) is 2.96. The maximum Gasteiger partial charge on any atom is 0.261 e. The van der Waals surface area contributed by atoms with Gasteiger partial charge in [-0.3, -0.25) is 19.5 Å². The Morgan fingerprint density at radius 2 is 1.79 bits per heavy atom. The van der Waals surface area contributed by atoms with Gasteiger partial charge in [0.25, 0.3) is 11.8 Å². The van der Waals surface area contributed by atoms with Crippen LogP contribution in [0.4, 0.5) is 0 Å². The quantitative estimate of drug-likeness (QED) is 0.495. The van der Waals surface area contributed by atoms with E-state index in [0.29, 0.717) is 28.1 Å². The number of aromatic nitrogens is 2. The molecule has 0 N–H and O–H groups in total. The van der Waals surface area contributed by atoms with E-state index in [1.54, 1.807) is 42.7 Å². The predicted molar refractivity (Wildman–Crippen MR) is 105 cm³/mol. The van der Waals surface area contributed by atoms with Crippen molar-refractivity contribution in [1.82, 2.24) is 14.9 Å². The highest BCUT2D eigenvalue weighted by Crippen LogP contribution is 2.24. The number of hydrogen-bond acceptors (Lipinski definition) is 6. The molecule has 0 saturated heterocycles. The number of pyridine rings is 1. The van der Waals surface area contributed by atoms with Crippen LogP contribution in [0.2, 0.25) is 0 Å². The molecule has 0 bridgehead atoms. The molecule has 0 radical (unpaired) electrons. The standard InChI is InChI=1S/C21H14N4O2S/c22-12-15(11-14-5-8-23-9-6-14)19-24-16(13-28-19)7-10-25-20(26)17-3-1-2-4-18(17)21(25)27/h1-6,8-9,11,13H,7,10H2/b15-11+. The molecule has 2 aromatic heterocycles. The monoisotopic (exact) mass is 386 g/mol. The Morgan fingerprint density at radius 3 is 2.43 bits per heavy atom. The summed E-state index contributed by atoms with van der Waals surface area (Å²) in [7, 11) is 0. The fraction of sp³-hybridized carbons (Fsp3) is 0.0952. The lowest BCUT2D eigenvalue weighted by atomic mass is 10.1. The molecule has 6 nitrogen and oxygen atoms in total. The summed E-state index contributed by atoms with van der Waals surface area (Å²) in [5, 5.41) is 11.9. The van der Waals surface area contributed by atoms with E-state index in [0.717, 1.165) is 11.3 Å². The fourth-order valence-corrected chi connectivity index (χ4v) is 3.80. The van der Waals surface area contributed by atoms with E-state index in [1.807, 2.05) is 17.5 Å². The van der Waals surface area contributed by atoms with Crippen LogP contribution in [0.15, 0.2) is 54.2 Å². The second kappa shape index (κ2) is 7.55. The molecule has 0 atom stereocenters. The van der Waals surface area contributed by atoms with Crippen molar-refractivity contribution in [2.45, 2.75) is 6.42 Å². The Labute approximate surface area is 165 Å². The number of imide groups is 1. The topological polar surface area (TPSA) is 86.9 Å². The molecule has 0 spiro atoms. The first kappa shape index (κ1) is 17.8. The zero-order chi connectivity index (χ0) is 19.5. The summed E-state index contributed by atoms with van der Waals surface area (Å²) in [6, 6.07) is 12.6. The number of nitrogens with zero attached hydrogens (tertiary/aromatic N) is 4. The molecule has 2 amide bonds. The normalized spacial score (nSPS) is 13.5. The van der Waals surface area contributed by atoms with E-state index < -0.39 is 0 Å². The number of thiazole rings is 1. The van der Waals surface area contributed by atoms with Gasteiger partial charge in [0.1, 0.15) is 11.1 Å². The van der Waals surface area contributed by atoms with Crippen molar-refractivity contribution >= 4 is 34.8 Å². The van der Waals surface area contributed by atoms with E-state index in [-0.39, 0.29) is 18.4 Å². The zero-order valence-corrected chi connectivity index (χ0v) is 15.5. The highest BCUT2D eigenvalue weighted by molar-refractivity contribution is 7.11. The van der Waals surface area contributed by atoms with Gasteiger partial charge in [0.15, 0.2) is 0 Å². The smallest absolute Gasteiger partial charge is 0.261 e. The van der Waals surface area contributed by atoms with Crippen molar-refractivity contribution in [3.05, 3.63) is 81.6 Å². The number of nitriles is 1. The van der Waals surface area contributed by atoms with Crippen molar-refractivity contribution < 1.29 is 9.59 Å². The SMILES string of the molecule is N#C/C(=C\c1ccncc1)c1nc(CCN2C(=O)c3ccccc3C2=O)cs1. The van der Waals surface area contributed by atoms with Gasteiger partial charge in [-0.25, -0.2) is 4.98 Å². The van der Waals surface area contributed by atoms with Gasteiger partial charge in [-0.2, -0.15) is 5.26 Å². The summed E-state index contributed by atoms with van der Waals surface area (Å²) in [6.45, 7) is 0.255. The number of amides is 2. The maximum atomic E-state index is 12.4. The van der Waals surface area contributed by atoms with Crippen LogP contribution in [0.1, 0.15) is 37.0 Å². The Hall–Kier alpha value is -3.63. The Bertz CT molecular complexity index is 1090. The van der Waals surface area contributed by atoms with Crippen molar-refractivity contribution in [2.24, 2.45) is 0 Å². The summed E-state index contributed by atoms with van der Waals surface area (Å²) >= 11 is 1.37. The van der Waals surface area contributed by atoms with E-state index in [4.69, 9.17) is 0 Å². The van der Waals surface area contributed by atoms with E-state index in [1.165, 1.54) is 16.2 Å². The van der Waals surface area contributed by atoms with Gasteiger partial charge < -0.3 is 0 Å². The third-order valence-electron chi connectivity index (χ3n) is 4.39. The maximum absolute atomic E-state index is 12.4. The van der Waals surface area contributed by atoms with Crippen LogP contribution in [0.5, 0.6) is 0 Å². The van der Waals surface area contributed by atoms with Gasteiger partial charge in [-0.1, -0.05) is 12.1 Å². The van der Waals surface area contributed by atoms with Crippen LogP contribution in [-0.4, -0.2) is 33.2 Å². The molecular formula is C21H14N4O2S. The summed E-state index contributed by atoms with van der Waals surface area (Å²) in [4.78, 5) is 34.6. The van der Waals surface area contributed by atoms with Gasteiger partial charge in [0, 0.05) is 30.7 Å². The summed E-state index contributed by atoms with van der Waals surface area (Å²) in [6.07, 6.45) is 5.52. The van der Waals surface area contributed by atoms with E-state index >= 15 is 0 Å². The lowest BCUT2D eigenvalue weighted by molar-refractivity contribution is 0.0656. The molecule has 136 valence electrons. The number of hydrogen-bond donors (Lipinski definition) is 0. The summed E-state index contributed by atoms with van der Waals surface area (Å²) in [5.74, 6) is -0.544. The average Bonchev–Trinajstić information content (AvgIpc) is 3.29. The molecule has 1 aliphatic heterocycles. The third kappa shape index (κ3) is 3.33. The van der Waals surface area contributed by atoms with Crippen molar-refractivity contribution in [3.63, 3.8) is 0 Å².